The van der Waals surface area contributed by atoms with Crippen LogP contribution in [0.3, 0.4) is 0 Å². The average Bonchev–Trinajstić information content (AvgIpc) is 3.13. The second-order valence-corrected chi connectivity index (χ2v) is 3.84. The first kappa shape index (κ1) is 13.4. The first-order chi connectivity index (χ1) is 9.33. The Bertz CT molecular complexity index is 615. The van der Waals surface area contributed by atoms with Crippen molar-refractivity contribution in [1.29, 1.82) is 0 Å². The highest BCUT2D eigenvalue weighted by Gasteiger charge is 2.12. The van der Waals surface area contributed by atoms with Crippen molar-refractivity contribution in [2.75, 3.05) is 0 Å². The molecule has 0 bridgehead atoms. The Labute approximate surface area is 116 Å². The van der Waals surface area contributed by atoms with Gasteiger partial charge < -0.3 is 8.94 Å². The fraction of sp³-hybridized carbons (Fsp3) is 0.143. The molecule has 0 amide bonds. The minimum atomic E-state index is 0.361. The van der Waals surface area contributed by atoms with Gasteiger partial charge in [0.25, 0.3) is 5.89 Å². The molecule has 4 nitrogen and oxygen atoms in total. The van der Waals surface area contributed by atoms with Crippen LogP contribution >= 0.6 is 11.6 Å². The Morgan fingerprint density at radius 3 is 2.42 bits per heavy atom. The highest BCUT2D eigenvalue weighted by Crippen LogP contribution is 2.23. The number of benzene rings is 1. The number of rotatable bonds is 2. The number of hydrogen-bond acceptors (Lipinski definition) is 4. The van der Waals surface area contributed by atoms with Crippen molar-refractivity contribution in [2.24, 2.45) is 0 Å². The summed E-state index contributed by atoms with van der Waals surface area (Å²) in [6, 6.07) is 10.7. The van der Waals surface area contributed by atoms with Crippen molar-refractivity contribution < 1.29 is 8.94 Å². The summed E-state index contributed by atoms with van der Waals surface area (Å²) in [6.45, 7) is 4.00. The quantitative estimate of drug-likeness (QED) is 0.682. The normalized spacial score (nSPS) is 9.84. The molecule has 2 heterocycles. The minimum absolute atomic E-state index is 0.361. The van der Waals surface area contributed by atoms with Crippen LogP contribution in [0.25, 0.3) is 23.0 Å². The van der Waals surface area contributed by atoms with Gasteiger partial charge in [0.2, 0.25) is 5.82 Å². The molecule has 0 atom stereocenters. The maximum absolute atomic E-state index is 5.81. The first-order valence-corrected chi connectivity index (χ1v) is 6.34. The van der Waals surface area contributed by atoms with E-state index in [4.69, 9.17) is 20.5 Å². The number of nitrogens with zero attached hydrogens (tertiary/aromatic N) is 2. The predicted molar refractivity (Wildman–Crippen MR) is 73.8 cm³/mol. The molecule has 0 N–H and O–H groups in total. The van der Waals surface area contributed by atoms with Gasteiger partial charge in [0.1, 0.15) is 0 Å². The lowest BCUT2D eigenvalue weighted by Gasteiger charge is -1.92. The molecule has 0 saturated carbocycles. The Morgan fingerprint density at radius 1 is 1.05 bits per heavy atom. The van der Waals surface area contributed by atoms with Crippen LogP contribution in [-0.2, 0) is 0 Å². The molecule has 0 fully saturated rings. The molecule has 5 heteroatoms. The summed E-state index contributed by atoms with van der Waals surface area (Å²) < 4.78 is 10.3. The van der Waals surface area contributed by atoms with E-state index in [0.29, 0.717) is 22.5 Å². The summed E-state index contributed by atoms with van der Waals surface area (Å²) in [5, 5.41) is 4.55. The van der Waals surface area contributed by atoms with Gasteiger partial charge >= 0.3 is 0 Å². The highest BCUT2D eigenvalue weighted by molar-refractivity contribution is 6.30. The van der Waals surface area contributed by atoms with Gasteiger partial charge in [-0.3, -0.25) is 0 Å². The standard InChI is InChI=1S/C12H7ClN2O2.C2H6/c13-9-5-3-8(4-6-9)11-14-12(17-15-11)10-2-1-7-16-10;1-2/h1-7H;1-2H3. The van der Waals surface area contributed by atoms with Crippen LogP contribution in [0.1, 0.15) is 13.8 Å². The molecular formula is C14H13ClN2O2. The van der Waals surface area contributed by atoms with E-state index >= 15 is 0 Å². The van der Waals surface area contributed by atoms with E-state index in [1.807, 2.05) is 26.0 Å². The Hall–Kier alpha value is -2.07. The molecule has 0 aliphatic rings. The van der Waals surface area contributed by atoms with Gasteiger partial charge in [0, 0.05) is 10.6 Å². The molecule has 0 saturated heterocycles. The molecule has 19 heavy (non-hydrogen) atoms. The maximum atomic E-state index is 5.81. The largest absolute Gasteiger partial charge is 0.459 e. The minimum Gasteiger partial charge on any atom is -0.459 e. The van der Waals surface area contributed by atoms with Crippen LogP contribution in [0.2, 0.25) is 5.02 Å². The van der Waals surface area contributed by atoms with Gasteiger partial charge in [-0.25, -0.2) is 0 Å². The molecule has 3 aromatic rings. The van der Waals surface area contributed by atoms with Gasteiger partial charge in [-0.1, -0.05) is 30.6 Å². The second-order valence-electron chi connectivity index (χ2n) is 3.41. The van der Waals surface area contributed by atoms with Crippen LogP contribution in [0.15, 0.2) is 51.6 Å². The first-order valence-electron chi connectivity index (χ1n) is 5.96. The number of aromatic nitrogens is 2. The number of halogens is 1. The zero-order valence-electron chi connectivity index (χ0n) is 10.6. The maximum Gasteiger partial charge on any atom is 0.293 e. The molecule has 1 aromatic carbocycles. The summed E-state index contributed by atoms with van der Waals surface area (Å²) in [4.78, 5) is 4.24. The molecule has 0 aliphatic carbocycles. The van der Waals surface area contributed by atoms with Gasteiger partial charge in [-0.15, -0.1) is 0 Å². The number of furan rings is 1. The molecule has 3 rings (SSSR count). The van der Waals surface area contributed by atoms with Crippen molar-refractivity contribution in [2.45, 2.75) is 13.8 Å². The van der Waals surface area contributed by atoms with Crippen LogP contribution in [0.4, 0.5) is 0 Å². The lowest BCUT2D eigenvalue weighted by molar-refractivity contribution is 0.417. The summed E-state index contributed by atoms with van der Waals surface area (Å²) >= 11 is 5.81. The van der Waals surface area contributed by atoms with Crippen molar-refractivity contribution in [3.8, 4) is 23.0 Å². The third-order valence-corrected chi connectivity index (χ3v) is 2.51. The summed E-state index contributed by atoms with van der Waals surface area (Å²) in [5.74, 6) is 1.42. The Kier molecular flexibility index (Phi) is 4.36. The van der Waals surface area contributed by atoms with Gasteiger partial charge in [0.15, 0.2) is 5.76 Å². The second kappa shape index (κ2) is 6.20. The van der Waals surface area contributed by atoms with E-state index in [0.717, 1.165) is 5.56 Å². The van der Waals surface area contributed by atoms with Crippen molar-refractivity contribution in [3.63, 3.8) is 0 Å². The van der Waals surface area contributed by atoms with Gasteiger partial charge in [-0.05, 0) is 36.4 Å². The smallest absolute Gasteiger partial charge is 0.293 e. The Morgan fingerprint density at radius 2 is 1.79 bits per heavy atom. The van der Waals surface area contributed by atoms with Gasteiger partial charge in [-0.2, -0.15) is 4.98 Å². The molecular weight excluding hydrogens is 264 g/mol. The summed E-state index contributed by atoms with van der Waals surface area (Å²) in [5.41, 5.74) is 0.843. The van der Waals surface area contributed by atoms with Crippen LogP contribution in [0, 0.1) is 0 Å². The molecule has 0 radical (unpaired) electrons. The van der Waals surface area contributed by atoms with Crippen LogP contribution in [-0.4, -0.2) is 10.1 Å². The molecule has 98 valence electrons. The third-order valence-electron chi connectivity index (χ3n) is 2.26. The topological polar surface area (TPSA) is 52.1 Å². The lowest BCUT2D eigenvalue weighted by atomic mass is 10.2. The summed E-state index contributed by atoms with van der Waals surface area (Å²) in [6.07, 6.45) is 1.56. The van der Waals surface area contributed by atoms with Crippen molar-refractivity contribution in [1.82, 2.24) is 10.1 Å². The van der Waals surface area contributed by atoms with Gasteiger partial charge in [0.05, 0.1) is 6.26 Å². The van der Waals surface area contributed by atoms with E-state index in [1.54, 1.807) is 30.5 Å². The fourth-order valence-electron chi connectivity index (χ4n) is 1.44. The molecule has 2 aromatic heterocycles. The van der Waals surface area contributed by atoms with E-state index in [-0.39, 0.29) is 0 Å². The van der Waals surface area contributed by atoms with E-state index in [2.05, 4.69) is 10.1 Å². The third kappa shape index (κ3) is 3.03. The van der Waals surface area contributed by atoms with E-state index < -0.39 is 0 Å². The molecule has 0 unspecified atom stereocenters. The summed E-state index contributed by atoms with van der Waals surface area (Å²) in [7, 11) is 0. The van der Waals surface area contributed by atoms with E-state index in [1.165, 1.54) is 0 Å². The van der Waals surface area contributed by atoms with Crippen LogP contribution in [0.5, 0.6) is 0 Å². The molecule has 0 spiro atoms. The average molecular weight is 277 g/mol. The zero-order chi connectivity index (χ0) is 13.7. The fourth-order valence-corrected chi connectivity index (χ4v) is 1.57. The van der Waals surface area contributed by atoms with Crippen molar-refractivity contribution >= 4 is 11.6 Å². The monoisotopic (exact) mass is 276 g/mol. The van der Waals surface area contributed by atoms with Crippen LogP contribution < -0.4 is 0 Å². The van der Waals surface area contributed by atoms with Crippen molar-refractivity contribution in [3.05, 3.63) is 47.7 Å². The zero-order valence-corrected chi connectivity index (χ0v) is 11.4. The molecule has 0 aliphatic heterocycles. The number of hydrogen-bond donors (Lipinski definition) is 0. The highest BCUT2D eigenvalue weighted by atomic mass is 35.5. The Balaban J connectivity index is 0.000000637. The van der Waals surface area contributed by atoms with E-state index in [9.17, 15) is 0 Å². The lowest BCUT2D eigenvalue weighted by Crippen LogP contribution is -1.79. The SMILES string of the molecule is CC.Clc1ccc(-c2noc(-c3ccco3)n2)cc1. The predicted octanol–water partition coefficient (Wildman–Crippen LogP) is 4.68.